The van der Waals surface area contributed by atoms with E-state index >= 15 is 0 Å². The van der Waals surface area contributed by atoms with Crippen molar-refractivity contribution in [2.45, 2.75) is 25.7 Å². The van der Waals surface area contributed by atoms with E-state index < -0.39 is 0 Å². The number of aliphatic hydroxyl groups is 1. The van der Waals surface area contributed by atoms with E-state index in [1.807, 2.05) is 18.2 Å². The fourth-order valence-corrected chi connectivity index (χ4v) is 3.64. The number of hydrogen-bond donors (Lipinski definition) is 3. The average molecular weight is 307 g/mol. The first-order valence-electron chi connectivity index (χ1n) is 8.10. The lowest BCUT2D eigenvalue weighted by Crippen LogP contribution is -2.29. The van der Waals surface area contributed by atoms with Crippen molar-refractivity contribution in [3.63, 3.8) is 0 Å². The van der Waals surface area contributed by atoms with Gasteiger partial charge in [-0.15, -0.1) is 0 Å². The Kier molecular flexibility index (Phi) is 3.40. The van der Waals surface area contributed by atoms with Gasteiger partial charge >= 0.3 is 0 Å². The van der Waals surface area contributed by atoms with E-state index in [0.717, 1.165) is 53.9 Å². The van der Waals surface area contributed by atoms with E-state index in [4.69, 9.17) is 5.11 Å². The SMILES string of the molecule is N#Cc1c2c(c(NCCCO)[n+]3c1[nH]c1ccccc13)CCC2. The van der Waals surface area contributed by atoms with Gasteiger partial charge < -0.3 is 10.4 Å². The molecule has 2 heterocycles. The molecule has 0 bridgehead atoms. The summed E-state index contributed by atoms with van der Waals surface area (Å²) in [6.07, 6.45) is 3.75. The summed E-state index contributed by atoms with van der Waals surface area (Å²) >= 11 is 0. The van der Waals surface area contributed by atoms with Crippen LogP contribution in [0.4, 0.5) is 5.82 Å². The summed E-state index contributed by atoms with van der Waals surface area (Å²) in [6.45, 7) is 0.892. The summed E-state index contributed by atoms with van der Waals surface area (Å²) < 4.78 is 2.13. The molecule has 1 aliphatic rings. The summed E-state index contributed by atoms with van der Waals surface area (Å²) in [7, 11) is 0. The monoisotopic (exact) mass is 307 g/mol. The van der Waals surface area contributed by atoms with Crippen molar-refractivity contribution < 1.29 is 9.51 Å². The van der Waals surface area contributed by atoms with E-state index in [2.05, 4.69) is 26.8 Å². The molecular formula is C18H19N4O+. The number of imidazole rings is 1. The fraction of sp³-hybridized carbons (Fsp3) is 0.333. The number of aromatic nitrogens is 2. The first-order chi connectivity index (χ1) is 11.3. The molecular weight excluding hydrogens is 288 g/mol. The number of nitriles is 1. The van der Waals surface area contributed by atoms with Crippen molar-refractivity contribution in [3.8, 4) is 6.07 Å². The molecule has 3 aromatic rings. The average Bonchev–Trinajstić information content (AvgIpc) is 3.19. The lowest BCUT2D eigenvalue weighted by Gasteiger charge is -2.10. The third-order valence-electron chi connectivity index (χ3n) is 4.63. The van der Waals surface area contributed by atoms with Gasteiger partial charge in [-0.3, -0.25) is 4.98 Å². The first-order valence-corrected chi connectivity index (χ1v) is 8.10. The summed E-state index contributed by atoms with van der Waals surface area (Å²) in [5.74, 6) is 1.07. The van der Waals surface area contributed by atoms with E-state index in [1.165, 1.54) is 11.1 Å². The van der Waals surface area contributed by atoms with E-state index in [0.29, 0.717) is 6.42 Å². The minimum atomic E-state index is 0.174. The molecule has 0 fully saturated rings. The minimum absolute atomic E-state index is 0.174. The second-order valence-electron chi connectivity index (χ2n) is 5.98. The Labute approximate surface area is 134 Å². The van der Waals surface area contributed by atoms with Crippen molar-refractivity contribution in [2.75, 3.05) is 18.5 Å². The number of benzene rings is 1. The predicted molar refractivity (Wildman–Crippen MR) is 88.4 cm³/mol. The molecule has 0 radical (unpaired) electrons. The zero-order valence-corrected chi connectivity index (χ0v) is 12.9. The number of H-pyrrole nitrogens is 1. The van der Waals surface area contributed by atoms with Crippen molar-refractivity contribution in [3.05, 3.63) is 41.0 Å². The zero-order chi connectivity index (χ0) is 15.8. The van der Waals surface area contributed by atoms with Crippen LogP contribution in [0.3, 0.4) is 0 Å². The molecule has 4 rings (SSSR count). The van der Waals surface area contributed by atoms with E-state index in [-0.39, 0.29) is 6.61 Å². The van der Waals surface area contributed by atoms with E-state index in [9.17, 15) is 5.26 Å². The third kappa shape index (κ3) is 2.07. The van der Waals surface area contributed by atoms with E-state index in [1.54, 1.807) is 0 Å². The number of para-hydroxylation sites is 2. The minimum Gasteiger partial charge on any atom is -0.396 e. The van der Waals surface area contributed by atoms with Crippen LogP contribution in [0.1, 0.15) is 29.5 Å². The van der Waals surface area contributed by atoms with Gasteiger partial charge in [0.25, 0.3) is 0 Å². The second kappa shape index (κ2) is 5.56. The molecule has 0 amide bonds. The number of nitrogens with one attached hydrogen (secondary N) is 2. The molecule has 1 aliphatic carbocycles. The summed E-state index contributed by atoms with van der Waals surface area (Å²) in [5.41, 5.74) is 6.15. The smallest absolute Gasteiger partial charge is 0.250 e. The number of nitrogens with zero attached hydrogens (tertiary/aromatic N) is 2. The molecule has 23 heavy (non-hydrogen) atoms. The molecule has 0 aliphatic heterocycles. The normalized spacial score (nSPS) is 13.4. The molecule has 0 saturated carbocycles. The molecule has 1 aromatic carbocycles. The highest BCUT2D eigenvalue weighted by Gasteiger charge is 2.29. The van der Waals surface area contributed by atoms with Gasteiger partial charge in [0.1, 0.15) is 22.7 Å². The van der Waals surface area contributed by atoms with Gasteiger partial charge in [-0.25, -0.2) is 0 Å². The Hall–Kier alpha value is -2.58. The molecule has 0 unspecified atom stereocenters. The van der Waals surface area contributed by atoms with Gasteiger partial charge in [0.2, 0.25) is 11.5 Å². The van der Waals surface area contributed by atoms with Crippen LogP contribution in [0.2, 0.25) is 0 Å². The topological polar surface area (TPSA) is 75.9 Å². The Morgan fingerprint density at radius 2 is 2.09 bits per heavy atom. The second-order valence-corrected chi connectivity index (χ2v) is 5.98. The zero-order valence-electron chi connectivity index (χ0n) is 12.9. The van der Waals surface area contributed by atoms with Gasteiger partial charge in [0.05, 0.1) is 6.54 Å². The summed E-state index contributed by atoms with van der Waals surface area (Å²) in [4.78, 5) is 3.41. The van der Waals surface area contributed by atoms with Crippen LogP contribution in [-0.4, -0.2) is 23.2 Å². The lowest BCUT2D eigenvalue weighted by atomic mass is 10.1. The Morgan fingerprint density at radius 1 is 1.26 bits per heavy atom. The Morgan fingerprint density at radius 3 is 2.91 bits per heavy atom. The molecule has 0 spiro atoms. The molecule has 3 N–H and O–H groups in total. The molecule has 116 valence electrons. The molecule has 0 atom stereocenters. The van der Waals surface area contributed by atoms with Crippen molar-refractivity contribution in [1.82, 2.24) is 4.98 Å². The molecule has 5 heteroatoms. The highest BCUT2D eigenvalue weighted by atomic mass is 16.3. The van der Waals surface area contributed by atoms with Gasteiger partial charge in [-0.1, -0.05) is 12.1 Å². The lowest BCUT2D eigenvalue weighted by molar-refractivity contribution is -0.465. The quantitative estimate of drug-likeness (QED) is 0.510. The van der Waals surface area contributed by atoms with Gasteiger partial charge in [0.15, 0.2) is 0 Å². The number of aromatic amines is 1. The number of fused-ring (bicyclic) bond motifs is 4. The van der Waals surface area contributed by atoms with Gasteiger partial charge in [-0.2, -0.15) is 9.66 Å². The van der Waals surface area contributed by atoms with Crippen molar-refractivity contribution in [1.29, 1.82) is 5.26 Å². The van der Waals surface area contributed by atoms with Crippen LogP contribution >= 0.6 is 0 Å². The largest absolute Gasteiger partial charge is 0.396 e. The number of hydrogen-bond acceptors (Lipinski definition) is 3. The first kappa shape index (κ1) is 14.0. The Balaban J connectivity index is 2.06. The maximum atomic E-state index is 9.69. The van der Waals surface area contributed by atoms with Crippen LogP contribution in [0.5, 0.6) is 0 Å². The highest BCUT2D eigenvalue weighted by molar-refractivity contribution is 5.78. The summed E-state index contributed by atoms with van der Waals surface area (Å²) in [6, 6.07) is 10.5. The van der Waals surface area contributed by atoms with Crippen LogP contribution in [0.15, 0.2) is 24.3 Å². The van der Waals surface area contributed by atoms with Crippen LogP contribution in [0.25, 0.3) is 16.7 Å². The number of aliphatic hydroxyl groups excluding tert-OH is 1. The van der Waals surface area contributed by atoms with Crippen LogP contribution < -0.4 is 9.72 Å². The molecule has 5 nitrogen and oxygen atoms in total. The number of rotatable bonds is 4. The highest BCUT2D eigenvalue weighted by Crippen LogP contribution is 2.32. The number of anilines is 1. The third-order valence-corrected chi connectivity index (χ3v) is 4.63. The fourth-order valence-electron chi connectivity index (χ4n) is 3.64. The van der Waals surface area contributed by atoms with Gasteiger partial charge in [-0.05, 0) is 37.0 Å². The maximum absolute atomic E-state index is 9.69. The van der Waals surface area contributed by atoms with Crippen molar-refractivity contribution >= 4 is 22.5 Å². The van der Waals surface area contributed by atoms with Crippen LogP contribution in [-0.2, 0) is 12.8 Å². The number of pyridine rings is 1. The molecule has 2 aromatic heterocycles. The molecule has 0 saturated heterocycles. The Bertz CT molecular complexity index is 936. The predicted octanol–water partition coefficient (Wildman–Crippen LogP) is 2.06. The maximum Gasteiger partial charge on any atom is 0.250 e. The standard InChI is InChI=1S/C18H18N4O/c19-11-14-12-5-3-6-13(12)17(20-9-4-10-23)22-16-8-2-1-7-15(16)21-18(14)22/h1-2,7-8,23H,3-6,9-10H2,(H,20,21)/p+1. The van der Waals surface area contributed by atoms with Gasteiger partial charge in [0, 0.05) is 18.6 Å². The van der Waals surface area contributed by atoms with Crippen molar-refractivity contribution in [2.24, 2.45) is 0 Å². The summed E-state index contributed by atoms with van der Waals surface area (Å²) in [5, 5.41) is 22.3. The van der Waals surface area contributed by atoms with Crippen LogP contribution in [0, 0.1) is 11.3 Å².